The molecule has 0 aromatic carbocycles. The summed E-state index contributed by atoms with van der Waals surface area (Å²) in [6.45, 7) is 3.24. The fourth-order valence-corrected chi connectivity index (χ4v) is 4.43. The molecule has 0 saturated carbocycles. The third-order valence-corrected chi connectivity index (χ3v) is 6.68. The minimum Gasteiger partial charge on any atom is -0.360 e. The van der Waals surface area contributed by atoms with Crippen molar-refractivity contribution in [1.82, 2.24) is 4.98 Å². The van der Waals surface area contributed by atoms with Gasteiger partial charge in [-0.15, -0.1) is 0 Å². The summed E-state index contributed by atoms with van der Waals surface area (Å²) in [6.07, 6.45) is 29.2. The van der Waals surface area contributed by atoms with Gasteiger partial charge in [0, 0.05) is 19.7 Å². The Kier molecular flexibility index (Phi) is 18.6. The summed E-state index contributed by atoms with van der Waals surface area (Å²) in [4.78, 5) is 16.6. The van der Waals surface area contributed by atoms with E-state index >= 15 is 0 Å². The van der Waals surface area contributed by atoms with Crippen molar-refractivity contribution in [3.05, 3.63) is 28.4 Å². The molecule has 0 unspecified atom stereocenters. The minimum atomic E-state index is -0.407. The van der Waals surface area contributed by atoms with Gasteiger partial charge in [0.2, 0.25) is 0 Å². The zero-order valence-corrected chi connectivity index (χ0v) is 21.7. The second-order valence-corrected chi connectivity index (χ2v) is 9.77. The van der Waals surface area contributed by atoms with Gasteiger partial charge in [-0.25, -0.2) is 4.98 Å². The Bertz CT molecular complexity index is 577. The van der Waals surface area contributed by atoms with E-state index in [1.165, 1.54) is 134 Å². The largest absolute Gasteiger partial charge is 0.360 e. The van der Waals surface area contributed by atoms with E-state index in [1.54, 1.807) is 6.07 Å². The number of aromatic nitrogens is 1. The summed E-state index contributed by atoms with van der Waals surface area (Å²) < 4.78 is 0. The van der Waals surface area contributed by atoms with Crippen molar-refractivity contribution >= 4 is 11.5 Å². The van der Waals surface area contributed by atoms with E-state index in [-0.39, 0.29) is 5.69 Å². The van der Waals surface area contributed by atoms with Crippen LogP contribution in [0.5, 0.6) is 0 Å². The van der Waals surface area contributed by atoms with Crippen molar-refractivity contribution in [3.8, 4) is 0 Å². The lowest BCUT2D eigenvalue weighted by Gasteiger charge is -2.17. The first-order valence-electron chi connectivity index (χ1n) is 14.0. The van der Waals surface area contributed by atoms with Crippen LogP contribution >= 0.6 is 0 Å². The quantitative estimate of drug-likeness (QED) is 0.0925. The van der Waals surface area contributed by atoms with Crippen LogP contribution in [-0.2, 0) is 0 Å². The molecule has 0 N–H and O–H groups in total. The van der Waals surface area contributed by atoms with Crippen LogP contribution in [0.4, 0.5) is 11.5 Å². The van der Waals surface area contributed by atoms with Gasteiger partial charge in [0.1, 0.15) is 12.0 Å². The van der Waals surface area contributed by atoms with Crippen molar-refractivity contribution in [1.29, 1.82) is 0 Å². The zero-order valence-electron chi connectivity index (χ0n) is 21.7. The minimum absolute atomic E-state index is 0.0472. The molecule has 1 rings (SSSR count). The van der Waals surface area contributed by atoms with Crippen molar-refractivity contribution < 1.29 is 4.92 Å². The third-order valence-electron chi connectivity index (χ3n) is 6.68. The highest BCUT2D eigenvalue weighted by Gasteiger charge is 2.07. The first-order valence-corrected chi connectivity index (χ1v) is 14.0. The molecule has 33 heavy (non-hydrogen) atoms. The molecule has 190 valence electrons. The maximum atomic E-state index is 10.7. The average molecular weight is 462 g/mol. The Hall–Kier alpha value is -1.65. The fraction of sp³-hybridized carbons (Fsp3) is 0.821. The van der Waals surface area contributed by atoms with Gasteiger partial charge in [0.25, 0.3) is 5.69 Å². The van der Waals surface area contributed by atoms with Crippen LogP contribution < -0.4 is 4.90 Å². The van der Waals surface area contributed by atoms with Gasteiger partial charge < -0.3 is 4.90 Å². The van der Waals surface area contributed by atoms with Crippen LogP contribution in [0.15, 0.2) is 18.3 Å². The molecule has 1 heterocycles. The summed E-state index contributed by atoms with van der Waals surface area (Å²) in [6, 6.07) is 3.25. The fourth-order valence-electron chi connectivity index (χ4n) is 4.43. The highest BCUT2D eigenvalue weighted by molar-refractivity contribution is 5.41. The Morgan fingerprint density at radius 3 is 1.42 bits per heavy atom. The molecule has 1 aromatic heterocycles. The summed E-state index contributed by atoms with van der Waals surface area (Å²) in [5, 5.41) is 10.7. The van der Waals surface area contributed by atoms with E-state index in [0.717, 1.165) is 18.8 Å². The molecule has 0 fully saturated rings. The van der Waals surface area contributed by atoms with Crippen LogP contribution in [-0.4, -0.2) is 23.5 Å². The summed E-state index contributed by atoms with van der Waals surface area (Å²) in [5.41, 5.74) is 0.0472. The number of hydrogen-bond acceptors (Lipinski definition) is 4. The molecule has 0 aliphatic carbocycles. The molecule has 1 aromatic rings. The maximum Gasteiger partial charge on any atom is 0.287 e. The number of unbranched alkanes of at least 4 members (excludes halogenated alkanes) is 19. The molecule has 5 nitrogen and oxygen atoms in total. The van der Waals surface area contributed by atoms with Gasteiger partial charge in [-0.3, -0.25) is 10.1 Å². The standard InChI is InChI=1S/C28H51N3O2/c1-3-4-5-6-7-8-9-10-11-12-13-14-15-16-17-18-19-20-21-22-25-30(2)28-24-23-27(26-29-28)31(32)33/h23-24,26H,3-22,25H2,1-2H3. The van der Waals surface area contributed by atoms with Crippen LogP contribution in [0.2, 0.25) is 0 Å². The first kappa shape index (κ1) is 29.4. The number of rotatable bonds is 23. The summed E-state index contributed by atoms with van der Waals surface area (Å²) in [5.74, 6) is 0.804. The average Bonchev–Trinajstić information content (AvgIpc) is 2.82. The third kappa shape index (κ3) is 16.6. The molecule has 0 aliphatic heterocycles. The molecule has 0 saturated heterocycles. The lowest BCUT2D eigenvalue weighted by molar-refractivity contribution is -0.385. The van der Waals surface area contributed by atoms with Gasteiger partial charge >= 0.3 is 0 Å². The van der Waals surface area contributed by atoms with Gasteiger partial charge in [-0.2, -0.15) is 0 Å². The predicted molar refractivity (Wildman–Crippen MR) is 142 cm³/mol. The highest BCUT2D eigenvalue weighted by atomic mass is 16.6. The van der Waals surface area contributed by atoms with Crippen molar-refractivity contribution in [2.24, 2.45) is 0 Å². The molecule has 0 bridgehead atoms. The van der Waals surface area contributed by atoms with Crippen molar-refractivity contribution in [2.45, 2.75) is 135 Å². The number of pyridine rings is 1. The second kappa shape index (κ2) is 20.9. The van der Waals surface area contributed by atoms with Crippen molar-refractivity contribution in [2.75, 3.05) is 18.5 Å². The summed E-state index contributed by atoms with van der Waals surface area (Å²) in [7, 11) is 2.00. The second-order valence-electron chi connectivity index (χ2n) is 9.77. The maximum absolute atomic E-state index is 10.7. The van der Waals surface area contributed by atoms with E-state index in [0.29, 0.717) is 0 Å². The van der Waals surface area contributed by atoms with Crippen LogP contribution in [0, 0.1) is 10.1 Å². The first-order chi connectivity index (χ1) is 16.1. The Morgan fingerprint density at radius 1 is 0.697 bits per heavy atom. The predicted octanol–water partition coefficient (Wildman–Crippen LogP) is 9.25. The molecule has 5 heteroatoms. The van der Waals surface area contributed by atoms with Crippen LogP contribution in [0.3, 0.4) is 0 Å². The lowest BCUT2D eigenvalue weighted by atomic mass is 10.0. The Morgan fingerprint density at radius 2 is 1.09 bits per heavy atom. The number of nitro groups is 1. The van der Waals surface area contributed by atoms with Gasteiger partial charge in [0.15, 0.2) is 0 Å². The molecule has 0 atom stereocenters. The topological polar surface area (TPSA) is 59.3 Å². The van der Waals surface area contributed by atoms with Gasteiger partial charge in [-0.05, 0) is 12.5 Å². The molecular formula is C28H51N3O2. The van der Waals surface area contributed by atoms with Crippen molar-refractivity contribution in [3.63, 3.8) is 0 Å². The Labute approximate surface area is 203 Å². The smallest absolute Gasteiger partial charge is 0.287 e. The zero-order chi connectivity index (χ0) is 24.0. The van der Waals surface area contributed by atoms with E-state index in [4.69, 9.17) is 0 Å². The van der Waals surface area contributed by atoms with E-state index in [1.807, 2.05) is 7.05 Å². The van der Waals surface area contributed by atoms with E-state index in [9.17, 15) is 10.1 Å². The van der Waals surface area contributed by atoms with Gasteiger partial charge in [0.05, 0.1) is 4.92 Å². The van der Waals surface area contributed by atoms with E-state index in [2.05, 4.69) is 16.8 Å². The van der Waals surface area contributed by atoms with Crippen LogP contribution in [0.1, 0.15) is 135 Å². The lowest BCUT2D eigenvalue weighted by Crippen LogP contribution is -2.19. The Balaban J connectivity index is 1.79. The normalized spacial score (nSPS) is 11.1. The molecule has 0 spiro atoms. The molecular weight excluding hydrogens is 410 g/mol. The monoisotopic (exact) mass is 461 g/mol. The molecule has 0 amide bonds. The molecule has 0 aliphatic rings. The SMILES string of the molecule is CCCCCCCCCCCCCCCCCCCCCCN(C)c1ccc([N+](=O)[O-])cn1. The number of hydrogen-bond donors (Lipinski definition) is 0. The van der Waals surface area contributed by atoms with Crippen LogP contribution in [0.25, 0.3) is 0 Å². The van der Waals surface area contributed by atoms with E-state index < -0.39 is 4.92 Å². The molecule has 0 radical (unpaired) electrons. The number of anilines is 1. The summed E-state index contributed by atoms with van der Waals surface area (Å²) >= 11 is 0. The van der Waals surface area contributed by atoms with Gasteiger partial charge in [-0.1, -0.05) is 129 Å². The number of nitrogens with zero attached hydrogens (tertiary/aromatic N) is 3. The highest BCUT2D eigenvalue weighted by Crippen LogP contribution is 2.17.